The first kappa shape index (κ1) is 25.6. The lowest BCUT2D eigenvalue weighted by Crippen LogP contribution is -2.26. The third-order valence-corrected chi connectivity index (χ3v) is 8.16. The fourth-order valence-electron chi connectivity index (χ4n) is 6.27. The minimum atomic E-state index is -4.52. The lowest BCUT2D eigenvalue weighted by Gasteiger charge is -2.25. The van der Waals surface area contributed by atoms with Crippen LogP contribution in [-0.4, -0.2) is 24.1 Å². The van der Waals surface area contributed by atoms with Crippen molar-refractivity contribution in [3.05, 3.63) is 82.3 Å². The number of hydrogen-bond acceptors (Lipinski definition) is 5. The van der Waals surface area contributed by atoms with Gasteiger partial charge < -0.3 is 14.4 Å². The number of nitrogens with zero attached hydrogens (tertiary/aromatic N) is 2. The fraction of sp³-hybridized carbons (Fsp3) is 0.400. The molecular weight excluding hydrogens is 512 g/mol. The molecule has 3 aromatic rings. The second-order valence-electron chi connectivity index (χ2n) is 11.1. The molecule has 39 heavy (non-hydrogen) atoms. The molecule has 204 valence electrons. The molecule has 0 radical (unpaired) electrons. The summed E-state index contributed by atoms with van der Waals surface area (Å²) in [5, 5.41) is 0. The van der Waals surface area contributed by atoms with Gasteiger partial charge in [-0.25, -0.2) is 9.37 Å². The van der Waals surface area contributed by atoms with E-state index in [0.29, 0.717) is 23.7 Å². The molecular formula is C30H28F4N2O3. The van der Waals surface area contributed by atoms with Crippen LogP contribution in [0.5, 0.6) is 5.88 Å². The molecule has 2 aromatic carbocycles. The molecule has 1 fully saturated rings. The largest absolute Gasteiger partial charge is 0.473 e. The summed E-state index contributed by atoms with van der Waals surface area (Å²) < 4.78 is 67.6. The molecule has 3 atom stereocenters. The van der Waals surface area contributed by atoms with Gasteiger partial charge in [0.2, 0.25) is 5.88 Å². The zero-order valence-electron chi connectivity index (χ0n) is 21.8. The Hall–Kier alpha value is -3.62. The zero-order chi connectivity index (χ0) is 27.7. The molecule has 0 N–H and O–H groups in total. The molecule has 0 unspecified atom stereocenters. The Morgan fingerprint density at radius 2 is 1.92 bits per heavy atom. The van der Waals surface area contributed by atoms with Crippen LogP contribution in [0, 0.1) is 17.7 Å². The van der Waals surface area contributed by atoms with Gasteiger partial charge in [0.25, 0.3) is 0 Å². The van der Waals surface area contributed by atoms with Gasteiger partial charge in [0.15, 0.2) is 0 Å². The van der Waals surface area contributed by atoms with Crippen LogP contribution in [0.4, 0.5) is 28.9 Å². The SMILES string of the molecule is CCOC(=O)[C@H]1[C@@H]2Cc3cc(OCc4cc5c(cc4F)C(C)(C)CN5c4ccccc4C(F)(F)F)ncc3[C@@H]21. The summed E-state index contributed by atoms with van der Waals surface area (Å²) >= 11 is 0. The van der Waals surface area contributed by atoms with E-state index in [0.717, 1.165) is 23.6 Å². The summed E-state index contributed by atoms with van der Waals surface area (Å²) in [5.74, 6) is -0.0700. The molecule has 0 saturated heterocycles. The van der Waals surface area contributed by atoms with Gasteiger partial charge in [0.1, 0.15) is 12.4 Å². The minimum absolute atomic E-state index is 0.0373. The van der Waals surface area contributed by atoms with Gasteiger partial charge in [-0.2, -0.15) is 13.2 Å². The van der Waals surface area contributed by atoms with Gasteiger partial charge >= 0.3 is 12.1 Å². The van der Waals surface area contributed by atoms with Crippen molar-refractivity contribution in [1.29, 1.82) is 0 Å². The quantitative estimate of drug-likeness (QED) is 0.257. The van der Waals surface area contributed by atoms with Crippen molar-refractivity contribution in [3.8, 4) is 5.88 Å². The van der Waals surface area contributed by atoms with Crippen LogP contribution in [0.25, 0.3) is 0 Å². The highest BCUT2D eigenvalue weighted by molar-refractivity contribution is 5.79. The number of alkyl halides is 3. The van der Waals surface area contributed by atoms with Crippen LogP contribution in [0.1, 0.15) is 54.5 Å². The van der Waals surface area contributed by atoms with Crippen molar-refractivity contribution in [2.45, 2.75) is 51.3 Å². The van der Waals surface area contributed by atoms with Crippen molar-refractivity contribution >= 4 is 17.3 Å². The van der Waals surface area contributed by atoms with E-state index in [-0.39, 0.29) is 48.1 Å². The maximum Gasteiger partial charge on any atom is 0.418 e. The molecule has 5 nitrogen and oxygen atoms in total. The van der Waals surface area contributed by atoms with Crippen molar-refractivity contribution in [1.82, 2.24) is 4.98 Å². The Morgan fingerprint density at radius 1 is 1.15 bits per heavy atom. The number of hydrogen-bond donors (Lipinski definition) is 0. The number of halogens is 4. The van der Waals surface area contributed by atoms with Gasteiger partial charge in [-0.1, -0.05) is 26.0 Å². The maximum atomic E-state index is 15.2. The molecule has 0 spiro atoms. The third-order valence-electron chi connectivity index (χ3n) is 8.16. The first-order valence-corrected chi connectivity index (χ1v) is 13.0. The fourth-order valence-corrected chi connectivity index (χ4v) is 6.27. The zero-order valence-corrected chi connectivity index (χ0v) is 21.8. The van der Waals surface area contributed by atoms with Gasteiger partial charge in [0, 0.05) is 41.4 Å². The molecule has 6 rings (SSSR count). The molecule has 9 heteroatoms. The van der Waals surface area contributed by atoms with Crippen LogP contribution in [0.15, 0.2) is 48.7 Å². The molecule has 1 saturated carbocycles. The molecule has 0 amide bonds. The Labute approximate surface area is 223 Å². The number of carbonyl (C=O) groups is 1. The first-order chi connectivity index (χ1) is 18.5. The monoisotopic (exact) mass is 540 g/mol. The highest BCUT2D eigenvalue weighted by Crippen LogP contribution is 2.62. The van der Waals surface area contributed by atoms with Gasteiger partial charge in [-0.05, 0) is 60.2 Å². The lowest BCUT2D eigenvalue weighted by molar-refractivity contribution is -0.145. The molecule has 2 heterocycles. The molecule has 1 aromatic heterocycles. The summed E-state index contributed by atoms with van der Waals surface area (Å²) in [7, 11) is 0. The number of aromatic nitrogens is 1. The van der Waals surface area contributed by atoms with E-state index in [1.165, 1.54) is 18.2 Å². The van der Waals surface area contributed by atoms with Crippen molar-refractivity contribution in [2.24, 2.45) is 11.8 Å². The van der Waals surface area contributed by atoms with E-state index >= 15 is 4.39 Å². The Morgan fingerprint density at radius 3 is 2.67 bits per heavy atom. The number of carbonyl (C=O) groups excluding carboxylic acids is 1. The average Bonchev–Trinajstić information content (AvgIpc) is 3.37. The van der Waals surface area contributed by atoms with E-state index < -0.39 is 23.0 Å². The minimum Gasteiger partial charge on any atom is -0.473 e. The van der Waals surface area contributed by atoms with E-state index in [4.69, 9.17) is 9.47 Å². The van der Waals surface area contributed by atoms with Crippen molar-refractivity contribution in [2.75, 3.05) is 18.1 Å². The van der Waals surface area contributed by atoms with E-state index in [9.17, 15) is 18.0 Å². The van der Waals surface area contributed by atoms with E-state index in [2.05, 4.69) is 4.98 Å². The number of benzene rings is 2. The average molecular weight is 541 g/mol. The van der Waals surface area contributed by atoms with Crippen LogP contribution < -0.4 is 9.64 Å². The Bertz CT molecular complexity index is 1470. The lowest BCUT2D eigenvalue weighted by atomic mass is 9.86. The normalized spacial score (nSPS) is 22.2. The highest BCUT2D eigenvalue weighted by atomic mass is 19.4. The Balaban J connectivity index is 1.24. The predicted octanol–water partition coefficient (Wildman–Crippen LogP) is 6.70. The number of anilines is 2. The van der Waals surface area contributed by atoms with E-state index in [1.54, 1.807) is 30.2 Å². The smallest absolute Gasteiger partial charge is 0.418 e. The van der Waals surface area contributed by atoms with Gasteiger partial charge in [-0.15, -0.1) is 0 Å². The standard InChI is InChI=1S/C30H28F4N2O3/c1-4-38-28(37)27-18-9-16-11-25(35-13-19(16)26(18)27)39-14-17-10-24-21(12-22(17)31)29(2,3)15-36(24)23-8-6-5-7-20(23)30(32,33)34/h5-8,10-13,18,26-27H,4,9,14-15H2,1-3H3/t18-,26-,27+/m1/s1. The first-order valence-electron chi connectivity index (χ1n) is 13.0. The van der Waals surface area contributed by atoms with Crippen molar-refractivity contribution < 1.29 is 31.8 Å². The van der Waals surface area contributed by atoms with Gasteiger partial charge in [0.05, 0.1) is 23.8 Å². The predicted molar refractivity (Wildman–Crippen MR) is 137 cm³/mol. The topological polar surface area (TPSA) is 51.7 Å². The number of esters is 1. The summed E-state index contributed by atoms with van der Waals surface area (Å²) in [5.41, 5.74) is 2.23. The van der Waals surface area contributed by atoms with Crippen molar-refractivity contribution in [3.63, 3.8) is 0 Å². The molecule has 3 aliphatic rings. The van der Waals surface area contributed by atoms with Crippen LogP contribution in [0.3, 0.4) is 0 Å². The van der Waals surface area contributed by atoms with Crippen LogP contribution >= 0.6 is 0 Å². The molecule has 2 aliphatic carbocycles. The summed E-state index contributed by atoms with van der Waals surface area (Å²) in [6.45, 7) is 6.08. The second kappa shape index (κ2) is 8.96. The summed E-state index contributed by atoms with van der Waals surface area (Å²) in [6.07, 6.45) is -2.07. The second-order valence-corrected chi connectivity index (χ2v) is 11.1. The summed E-state index contributed by atoms with van der Waals surface area (Å²) in [6, 6.07) is 10.3. The number of para-hydroxylation sites is 1. The number of fused-ring (bicyclic) bond motifs is 4. The molecule has 0 bridgehead atoms. The highest BCUT2D eigenvalue weighted by Gasteiger charge is 2.60. The summed E-state index contributed by atoms with van der Waals surface area (Å²) in [4.78, 5) is 18.1. The van der Waals surface area contributed by atoms with Crippen LogP contribution in [0.2, 0.25) is 0 Å². The van der Waals surface area contributed by atoms with Crippen LogP contribution in [-0.2, 0) is 34.2 Å². The molecule has 1 aliphatic heterocycles. The Kier molecular flexibility index (Phi) is 5.89. The third kappa shape index (κ3) is 4.32. The maximum absolute atomic E-state index is 15.2. The number of ether oxygens (including phenoxy) is 2. The van der Waals surface area contributed by atoms with Gasteiger partial charge in [-0.3, -0.25) is 4.79 Å². The van der Waals surface area contributed by atoms with E-state index in [1.807, 2.05) is 19.9 Å². The number of pyridine rings is 1. The number of rotatable bonds is 6.